The second-order valence-corrected chi connectivity index (χ2v) is 4.78. The number of hydroxylamine groups is 1. The van der Waals surface area contributed by atoms with Gasteiger partial charge in [-0.25, -0.2) is 5.06 Å². The van der Waals surface area contributed by atoms with Crippen LogP contribution < -0.4 is 9.80 Å². The van der Waals surface area contributed by atoms with Crippen molar-refractivity contribution in [1.82, 2.24) is 0 Å². The molecule has 0 aliphatic rings. The van der Waals surface area contributed by atoms with Crippen molar-refractivity contribution in [3.63, 3.8) is 0 Å². The summed E-state index contributed by atoms with van der Waals surface area (Å²) in [6, 6.07) is 15.3. The molecular formula is C17H16N2O3. The van der Waals surface area contributed by atoms with Crippen molar-refractivity contribution >= 4 is 33.6 Å². The minimum Gasteiger partial charge on any atom is -0.493 e. The van der Waals surface area contributed by atoms with E-state index in [1.165, 1.54) is 0 Å². The highest BCUT2D eigenvalue weighted by molar-refractivity contribution is 6.17. The van der Waals surface area contributed by atoms with Crippen molar-refractivity contribution < 1.29 is 15.2 Å². The lowest BCUT2D eigenvalue weighted by Crippen LogP contribution is -2.16. The summed E-state index contributed by atoms with van der Waals surface area (Å²) < 4.78 is 5.84. The van der Waals surface area contributed by atoms with E-state index in [1.54, 1.807) is 0 Å². The number of hydrogen-bond donors (Lipinski definition) is 2. The largest absolute Gasteiger partial charge is 0.493 e. The van der Waals surface area contributed by atoms with Crippen LogP contribution in [0.1, 0.15) is 6.92 Å². The maximum absolute atomic E-state index is 10.2. The molecule has 2 N–H and O–H groups in total. The topological polar surface area (TPSA) is 65.3 Å². The SMILES string of the molecule is CCOc1c2ccccc2c(N(O)C=NO)c2ccccc12. The third-order valence-corrected chi connectivity index (χ3v) is 3.53. The fraction of sp³-hybridized carbons (Fsp3) is 0.118. The molecule has 3 rings (SSSR count). The van der Waals surface area contributed by atoms with Crippen LogP contribution in [0.25, 0.3) is 21.5 Å². The number of hydrogen-bond acceptors (Lipinski definition) is 4. The van der Waals surface area contributed by atoms with Crippen LogP contribution in [-0.4, -0.2) is 23.4 Å². The van der Waals surface area contributed by atoms with Gasteiger partial charge in [0.05, 0.1) is 12.3 Å². The van der Waals surface area contributed by atoms with Crippen LogP contribution in [0, 0.1) is 0 Å². The number of oxime groups is 1. The van der Waals surface area contributed by atoms with Gasteiger partial charge in [-0.2, -0.15) is 0 Å². The number of fused-ring (bicyclic) bond motifs is 2. The summed E-state index contributed by atoms with van der Waals surface area (Å²) >= 11 is 0. The van der Waals surface area contributed by atoms with Crippen LogP contribution in [0.3, 0.4) is 0 Å². The molecule has 0 heterocycles. The molecule has 22 heavy (non-hydrogen) atoms. The van der Waals surface area contributed by atoms with Crippen LogP contribution in [0.2, 0.25) is 0 Å². The normalized spacial score (nSPS) is 11.4. The molecule has 0 fully saturated rings. The quantitative estimate of drug-likeness (QED) is 0.251. The van der Waals surface area contributed by atoms with Gasteiger partial charge in [0.15, 0.2) is 6.34 Å². The molecular weight excluding hydrogens is 280 g/mol. The summed E-state index contributed by atoms with van der Waals surface area (Å²) in [4.78, 5) is 0. The first kappa shape index (κ1) is 14.2. The van der Waals surface area contributed by atoms with Crippen molar-refractivity contribution in [2.24, 2.45) is 5.16 Å². The molecule has 0 aliphatic heterocycles. The fourth-order valence-electron chi connectivity index (χ4n) is 2.72. The van der Waals surface area contributed by atoms with Gasteiger partial charge >= 0.3 is 0 Å². The number of nitrogens with zero attached hydrogens (tertiary/aromatic N) is 2. The lowest BCUT2D eigenvalue weighted by Gasteiger charge is -2.19. The highest BCUT2D eigenvalue weighted by Gasteiger charge is 2.17. The van der Waals surface area contributed by atoms with Crippen LogP contribution >= 0.6 is 0 Å². The Morgan fingerprint density at radius 2 is 1.50 bits per heavy atom. The van der Waals surface area contributed by atoms with Gasteiger partial charge in [-0.15, -0.1) is 0 Å². The molecule has 0 atom stereocenters. The third-order valence-electron chi connectivity index (χ3n) is 3.53. The van der Waals surface area contributed by atoms with E-state index in [0.29, 0.717) is 12.3 Å². The maximum atomic E-state index is 10.2. The van der Waals surface area contributed by atoms with E-state index in [1.807, 2.05) is 55.5 Å². The summed E-state index contributed by atoms with van der Waals surface area (Å²) in [5.41, 5.74) is 0.549. The molecule has 0 unspecified atom stereocenters. The zero-order chi connectivity index (χ0) is 15.5. The second-order valence-electron chi connectivity index (χ2n) is 4.78. The molecule has 5 nitrogen and oxygen atoms in total. The van der Waals surface area contributed by atoms with Crippen molar-refractivity contribution in [1.29, 1.82) is 0 Å². The van der Waals surface area contributed by atoms with E-state index in [9.17, 15) is 5.21 Å². The minimum atomic E-state index is 0.549. The average Bonchev–Trinajstić information content (AvgIpc) is 2.55. The molecule has 112 valence electrons. The summed E-state index contributed by atoms with van der Waals surface area (Å²) in [5.74, 6) is 0.784. The van der Waals surface area contributed by atoms with E-state index >= 15 is 0 Å². The standard InChI is InChI=1S/C17H16N2O3/c1-2-22-17-14-9-5-3-7-12(14)16(19(21)11-18-20)13-8-4-6-10-15(13)17/h3-11,20-21H,2H2,1H3. The predicted molar refractivity (Wildman–Crippen MR) is 87.2 cm³/mol. The monoisotopic (exact) mass is 296 g/mol. The first-order chi connectivity index (χ1) is 10.8. The molecule has 0 bridgehead atoms. The molecule has 3 aromatic rings. The van der Waals surface area contributed by atoms with E-state index < -0.39 is 0 Å². The Bertz CT molecular complexity index is 789. The van der Waals surface area contributed by atoms with Crippen LogP contribution in [-0.2, 0) is 0 Å². The average molecular weight is 296 g/mol. The van der Waals surface area contributed by atoms with Gasteiger partial charge in [-0.3, -0.25) is 5.21 Å². The Morgan fingerprint density at radius 1 is 1.00 bits per heavy atom. The molecule has 0 aromatic heterocycles. The number of anilines is 1. The maximum Gasteiger partial charge on any atom is 0.160 e. The Labute approximate surface area is 127 Å². The summed E-state index contributed by atoms with van der Waals surface area (Å²) in [7, 11) is 0. The molecule has 0 saturated heterocycles. The van der Waals surface area contributed by atoms with Crippen molar-refractivity contribution in [3.05, 3.63) is 48.5 Å². The molecule has 0 amide bonds. The van der Waals surface area contributed by atoms with Gasteiger partial charge in [0.1, 0.15) is 5.75 Å². The molecule has 0 saturated carbocycles. The molecule has 0 aliphatic carbocycles. The highest BCUT2D eigenvalue weighted by atomic mass is 16.5. The van der Waals surface area contributed by atoms with Gasteiger partial charge in [0.25, 0.3) is 0 Å². The van der Waals surface area contributed by atoms with Crippen LogP contribution in [0.5, 0.6) is 5.75 Å². The van der Waals surface area contributed by atoms with Gasteiger partial charge in [0, 0.05) is 21.5 Å². The van der Waals surface area contributed by atoms with Gasteiger partial charge < -0.3 is 9.94 Å². The smallest absolute Gasteiger partial charge is 0.160 e. The minimum absolute atomic E-state index is 0.549. The van der Waals surface area contributed by atoms with E-state index in [-0.39, 0.29) is 0 Å². The Balaban J connectivity index is 2.48. The molecule has 0 radical (unpaired) electrons. The first-order valence-electron chi connectivity index (χ1n) is 6.99. The number of benzene rings is 3. The highest BCUT2D eigenvalue weighted by Crippen LogP contribution is 2.42. The molecule has 0 spiro atoms. The van der Waals surface area contributed by atoms with Crippen molar-refractivity contribution in [2.75, 3.05) is 11.7 Å². The van der Waals surface area contributed by atoms with Gasteiger partial charge in [-0.1, -0.05) is 53.7 Å². The molecule has 3 aromatic carbocycles. The van der Waals surface area contributed by atoms with Crippen LogP contribution in [0.4, 0.5) is 5.69 Å². The Morgan fingerprint density at radius 3 is 1.95 bits per heavy atom. The summed E-state index contributed by atoms with van der Waals surface area (Å²) in [6.45, 7) is 2.49. The van der Waals surface area contributed by atoms with Crippen molar-refractivity contribution in [3.8, 4) is 5.75 Å². The number of ether oxygens (including phenoxy) is 1. The zero-order valence-corrected chi connectivity index (χ0v) is 12.1. The lowest BCUT2D eigenvalue weighted by atomic mass is 9.99. The van der Waals surface area contributed by atoms with E-state index in [2.05, 4.69) is 5.16 Å². The fourth-order valence-corrected chi connectivity index (χ4v) is 2.72. The first-order valence-corrected chi connectivity index (χ1v) is 6.99. The predicted octanol–water partition coefficient (Wildman–Crippen LogP) is 4.00. The van der Waals surface area contributed by atoms with E-state index in [4.69, 9.17) is 9.94 Å². The zero-order valence-electron chi connectivity index (χ0n) is 12.1. The Kier molecular flexibility index (Phi) is 3.80. The second kappa shape index (κ2) is 5.91. The summed E-state index contributed by atoms with van der Waals surface area (Å²) in [6.07, 6.45) is 0.953. The van der Waals surface area contributed by atoms with E-state index in [0.717, 1.165) is 38.7 Å². The summed E-state index contributed by atoms with van der Waals surface area (Å²) in [5, 5.41) is 26.1. The Hall–Kier alpha value is -2.79. The van der Waals surface area contributed by atoms with Gasteiger partial charge in [-0.05, 0) is 6.92 Å². The van der Waals surface area contributed by atoms with Gasteiger partial charge in [0.2, 0.25) is 0 Å². The van der Waals surface area contributed by atoms with Crippen LogP contribution in [0.15, 0.2) is 53.7 Å². The van der Waals surface area contributed by atoms with Crippen molar-refractivity contribution in [2.45, 2.75) is 6.92 Å². The molecule has 5 heteroatoms. The number of rotatable bonds is 4. The lowest BCUT2D eigenvalue weighted by molar-refractivity contribution is 0.292. The third kappa shape index (κ3) is 2.21.